The lowest BCUT2D eigenvalue weighted by atomic mass is 9.87. The van der Waals surface area contributed by atoms with Gasteiger partial charge in [0.05, 0.1) is 24.2 Å². The van der Waals surface area contributed by atoms with Gasteiger partial charge in [0.15, 0.2) is 5.16 Å². The van der Waals surface area contributed by atoms with E-state index in [1.165, 1.54) is 5.56 Å². The molecule has 3 rings (SSSR count). The van der Waals surface area contributed by atoms with Crippen LogP contribution in [0.1, 0.15) is 26.3 Å². The number of H-pyrrole nitrogens is 1. The second-order valence-corrected chi connectivity index (χ2v) is 7.91. The van der Waals surface area contributed by atoms with E-state index in [0.717, 1.165) is 54.8 Å². The van der Waals surface area contributed by atoms with Crippen LogP contribution >= 0.6 is 11.8 Å². The van der Waals surface area contributed by atoms with Gasteiger partial charge in [-0.15, -0.1) is 0 Å². The highest BCUT2D eigenvalue weighted by atomic mass is 32.2. The molecule has 0 radical (unpaired) electrons. The summed E-state index contributed by atoms with van der Waals surface area (Å²) in [4.78, 5) is 10.6. The summed E-state index contributed by atoms with van der Waals surface area (Å²) in [5, 5.41) is 1.02. The summed E-state index contributed by atoms with van der Waals surface area (Å²) in [6.07, 6.45) is 0. The van der Waals surface area contributed by atoms with Crippen molar-refractivity contribution in [1.29, 1.82) is 0 Å². The third-order valence-corrected chi connectivity index (χ3v) is 4.93. The molecule has 2 heterocycles. The van der Waals surface area contributed by atoms with Crippen LogP contribution in [0.5, 0.6) is 0 Å². The van der Waals surface area contributed by atoms with Crippen molar-refractivity contribution in [1.82, 2.24) is 14.9 Å². The zero-order valence-corrected chi connectivity index (χ0v) is 14.5. The van der Waals surface area contributed by atoms with Gasteiger partial charge >= 0.3 is 0 Å². The number of aromatic nitrogens is 2. The van der Waals surface area contributed by atoms with Gasteiger partial charge in [0.2, 0.25) is 0 Å². The van der Waals surface area contributed by atoms with Crippen molar-refractivity contribution in [2.75, 3.05) is 38.6 Å². The quantitative estimate of drug-likeness (QED) is 0.878. The van der Waals surface area contributed by atoms with Crippen molar-refractivity contribution in [3.8, 4) is 0 Å². The number of morpholine rings is 1. The average molecular weight is 319 g/mol. The lowest BCUT2D eigenvalue weighted by Crippen LogP contribution is -2.37. The molecule has 0 bridgehead atoms. The van der Waals surface area contributed by atoms with Crippen LogP contribution in [0.2, 0.25) is 0 Å². The number of hydrogen-bond donors (Lipinski definition) is 1. The second kappa shape index (κ2) is 6.60. The highest BCUT2D eigenvalue weighted by molar-refractivity contribution is 7.99. The molecule has 2 aromatic rings. The summed E-state index contributed by atoms with van der Waals surface area (Å²) in [7, 11) is 0. The summed E-state index contributed by atoms with van der Waals surface area (Å²) in [6.45, 7) is 11.6. The summed E-state index contributed by atoms with van der Waals surface area (Å²) < 4.78 is 5.38. The Morgan fingerprint density at radius 1 is 1.27 bits per heavy atom. The average Bonchev–Trinajstić information content (AvgIpc) is 2.89. The monoisotopic (exact) mass is 319 g/mol. The smallest absolute Gasteiger partial charge is 0.166 e. The van der Waals surface area contributed by atoms with Gasteiger partial charge in [0.1, 0.15) is 0 Å². The lowest BCUT2D eigenvalue weighted by molar-refractivity contribution is 0.0410. The molecule has 1 aromatic carbocycles. The topological polar surface area (TPSA) is 41.2 Å². The van der Waals surface area contributed by atoms with Crippen LogP contribution < -0.4 is 0 Å². The molecule has 0 saturated carbocycles. The van der Waals surface area contributed by atoms with Crippen molar-refractivity contribution in [2.45, 2.75) is 31.3 Å². The highest BCUT2D eigenvalue weighted by Gasteiger charge is 2.15. The van der Waals surface area contributed by atoms with Gasteiger partial charge in [-0.05, 0) is 23.1 Å². The maximum absolute atomic E-state index is 5.38. The maximum Gasteiger partial charge on any atom is 0.166 e. The van der Waals surface area contributed by atoms with Crippen molar-refractivity contribution in [2.24, 2.45) is 0 Å². The van der Waals surface area contributed by atoms with Crippen molar-refractivity contribution in [3.05, 3.63) is 23.8 Å². The zero-order chi connectivity index (χ0) is 15.6. The van der Waals surface area contributed by atoms with Crippen LogP contribution in [0.4, 0.5) is 0 Å². The molecule has 1 aliphatic heterocycles. The minimum atomic E-state index is 0.170. The first-order chi connectivity index (χ1) is 10.5. The predicted octanol–water partition coefficient (Wildman–Crippen LogP) is 3.28. The van der Waals surface area contributed by atoms with E-state index >= 15 is 0 Å². The van der Waals surface area contributed by atoms with Crippen LogP contribution in [0.15, 0.2) is 23.4 Å². The second-order valence-electron chi connectivity index (χ2n) is 6.83. The molecule has 5 heteroatoms. The van der Waals surface area contributed by atoms with Gasteiger partial charge in [-0.2, -0.15) is 0 Å². The van der Waals surface area contributed by atoms with E-state index in [1.54, 1.807) is 11.8 Å². The first-order valence-corrected chi connectivity index (χ1v) is 8.94. The van der Waals surface area contributed by atoms with E-state index in [9.17, 15) is 0 Å². The Balaban J connectivity index is 1.62. The van der Waals surface area contributed by atoms with E-state index in [2.05, 4.69) is 53.8 Å². The van der Waals surface area contributed by atoms with E-state index < -0.39 is 0 Å². The van der Waals surface area contributed by atoms with Gasteiger partial charge < -0.3 is 9.72 Å². The number of rotatable bonds is 4. The molecule has 0 amide bonds. The number of nitrogens with one attached hydrogen (secondary N) is 1. The zero-order valence-electron chi connectivity index (χ0n) is 13.7. The fraction of sp³-hybridized carbons (Fsp3) is 0.588. The molecule has 120 valence electrons. The van der Waals surface area contributed by atoms with Gasteiger partial charge in [-0.1, -0.05) is 38.6 Å². The number of benzene rings is 1. The summed E-state index contributed by atoms with van der Waals surface area (Å²) in [6, 6.07) is 6.54. The molecular formula is C17H25N3OS. The Kier molecular flexibility index (Phi) is 4.76. The summed E-state index contributed by atoms with van der Waals surface area (Å²) in [5.41, 5.74) is 3.71. The molecule has 1 aromatic heterocycles. The molecule has 0 atom stereocenters. The van der Waals surface area contributed by atoms with E-state index in [0.29, 0.717) is 0 Å². The van der Waals surface area contributed by atoms with Crippen molar-refractivity contribution >= 4 is 22.8 Å². The molecule has 1 N–H and O–H groups in total. The summed E-state index contributed by atoms with van der Waals surface area (Å²) >= 11 is 1.80. The Bertz CT molecular complexity index is 626. The third-order valence-electron chi connectivity index (χ3n) is 4.08. The van der Waals surface area contributed by atoms with E-state index in [1.807, 2.05) is 0 Å². The highest BCUT2D eigenvalue weighted by Crippen LogP contribution is 2.26. The number of thioether (sulfide) groups is 1. The predicted molar refractivity (Wildman–Crippen MR) is 92.8 cm³/mol. The number of imidazole rings is 1. The van der Waals surface area contributed by atoms with Gasteiger partial charge in [-0.3, -0.25) is 4.90 Å². The van der Waals surface area contributed by atoms with Gasteiger partial charge in [0.25, 0.3) is 0 Å². The molecule has 0 spiro atoms. The Morgan fingerprint density at radius 3 is 2.77 bits per heavy atom. The number of nitrogens with zero attached hydrogens (tertiary/aromatic N) is 2. The van der Waals surface area contributed by atoms with Crippen LogP contribution in [0.25, 0.3) is 11.0 Å². The Morgan fingerprint density at radius 2 is 2.05 bits per heavy atom. The van der Waals surface area contributed by atoms with Crippen LogP contribution in [0, 0.1) is 0 Å². The SMILES string of the molecule is CC(C)(C)c1ccc2nc(SCCN3CCOCC3)[nH]c2c1. The minimum Gasteiger partial charge on any atom is -0.379 e. The standard InChI is InChI=1S/C17H25N3OS/c1-17(2,3)13-4-5-14-15(12-13)19-16(18-14)22-11-8-20-6-9-21-10-7-20/h4-5,12H,6-11H2,1-3H3,(H,18,19). The third kappa shape index (κ3) is 3.83. The van der Waals surface area contributed by atoms with Crippen LogP contribution in [0.3, 0.4) is 0 Å². The molecular weight excluding hydrogens is 294 g/mol. The number of hydrogen-bond acceptors (Lipinski definition) is 4. The number of aromatic amines is 1. The maximum atomic E-state index is 5.38. The fourth-order valence-corrected chi connectivity index (χ4v) is 3.51. The van der Waals surface area contributed by atoms with Crippen molar-refractivity contribution in [3.63, 3.8) is 0 Å². The molecule has 1 saturated heterocycles. The van der Waals surface area contributed by atoms with E-state index in [4.69, 9.17) is 4.74 Å². The number of ether oxygens (including phenoxy) is 1. The van der Waals surface area contributed by atoms with Crippen LogP contribution in [-0.2, 0) is 10.2 Å². The number of fused-ring (bicyclic) bond motifs is 1. The Hall–Kier alpha value is -1.04. The molecule has 1 fully saturated rings. The normalized spacial score (nSPS) is 17.2. The molecule has 1 aliphatic rings. The van der Waals surface area contributed by atoms with Gasteiger partial charge in [0, 0.05) is 25.4 Å². The first-order valence-electron chi connectivity index (χ1n) is 7.95. The van der Waals surface area contributed by atoms with Crippen LogP contribution in [-0.4, -0.2) is 53.5 Å². The molecule has 22 heavy (non-hydrogen) atoms. The Labute approximate surface area is 136 Å². The molecule has 0 unspecified atom stereocenters. The van der Waals surface area contributed by atoms with Crippen molar-refractivity contribution < 1.29 is 4.74 Å². The molecule has 4 nitrogen and oxygen atoms in total. The van der Waals surface area contributed by atoms with Gasteiger partial charge in [-0.25, -0.2) is 4.98 Å². The molecule has 0 aliphatic carbocycles. The first kappa shape index (κ1) is 15.8. The lowest BCUT2D eigenvalue weighted by Gasteiger charge is -2.26. The van der Waals surface area contributed by atoms with E-state index in [-0.39, 0.29) is 5.41 Å². The fourth-order valence-electron chi connectivity index (χ4n) is 2.62. The summed E-state index contributed by atoms with van der Waals surface area (Å²) in [5.74, 6) is 1.06. The minimum absolute atomic E-state index is 0.170. The largest absolute Gasteiger partial charge is 0.379 e.